The third-order valence-electron chi connectivity index (χ3n) is 7.98. The van der Waals surface area contributed by atoms with E-state index in [-0.39, 0.29) is 37.5 Å². The normalized spacial score (nSPS) is 17.5. The maximum atomic E-state index is 13.9. The van der Waals surface area contributed by atoms with Crippen molar-refractivity contribution in [3.8, 4) is 5.75 Å². The molecule has 16 nitrogen and oxygen atoms in total. The number of benzene rings is 1. The lowest BCUT2D eigenvalue weighted by Crippen LogP contribution is -2.59. The Balaban J connectivity index is 1.67. The maximum Gasteiger partial charge on any atom is 0.325 e. The Bertz CT molecular complexity index is 1430. The number of hydrogen-bond acceptors (Lipinski definition) is 9. The summed E-state index contributed by atoms with van der Waals surface area (Å²) in [6.07, 6.45) is 4.14. The molecule has 1 saturated heterocycles. The molecule has 1 aromatic carbocycles. The highest BCUT2D eigenvalue weighted by Gasteiger charge is 2.39. The van der Waals surface area contributed by atoms with Crippen LogP contribution in [0.5, 0.6) is 5.75 Å². The SMILES string of the molecule is CC(C)C[C@H](NC(=O)[C@H](C)NC(=O)[C@@H](N)Cc1ccc(O)cc1)C(=O)N1CCC[C@H]1C(=O)N[C@@H](Cc1cnc[nH]1)C(=O)N[C@@H](C)C(=O)O. The second-order valence-corrected chi connectivity index (χ2v) is 12.5. The highest BCUT2D eigenvalue weighted by Crippen LogP contribution is 2.21. The maximum absolute atomic E-state index is 13.9. The van der Waals surface area contributed by atoms with Crippen LogP contribution in [0.3, 0.4) is 0 Å². The van der Waals surface area contributed by atoms with E-state index in [0.717, 1.165) is 5.56 Å². The largest absolute Gasteiger partial charge is 0.508 e. The number of nitrogens with two attached hydrogens (primary N) is 1. The van der Waals surface area contributed by atoms with Gasteiger partial charge in [0.15, 0.2) is 0 Å². The second-order valence-electron chi connectivity index (χ2n) is 12.5. The number of nitrogens with one attached hydrogen (secondary N) is 5. The summed E-state index contributed by atoms with van der Waals surface area (Å²) in [7, 11) is 0. The van der Waals surface area contributed by atoms with Crippen LogP contribution >= 0.6 is 0 Å². The Labute approximate surface area is 278 Å². The minimum Gasteiger partial charge on any atom is -0.508 e. The predicted molar refractivity (Wildman–Crippen MR) is 173 cm³/mol. The molecule has 0 radical (unpaired) electrons. The average Bonchev–Trinajstić information content (AvgIpc) is 3.73. The predicted octanol–water partition coefficient (Wildman–Crippen LogP) is -0.671. The number of aromatic amines is 1. The van der Waals surface area contributed by atoms with E-state index in [4.69, 9.17) is 5.73 Å². The first-order valence-corrected chi connectivity index (χ1v) is 15.9. The number of phenols is 1. The molecular weight excluding hydrogens is 624 g/mol. The number of aromatic hydroxyl groups is 1. The number of nitrogens with zero attached hydrogens (tertiary/aromatic N) is 2. The summed E-state index contributed by atoms with van der Waals surface area (Å²) >= 11 is 0. The Morgan fingerprint density at radius 3 is 2.19 bits per heavy atom. The van der Waals surface area contributed by atoms with Crippen LogP contribution in [0.15, 0.2) is 36.8 Å². The van der Waals surface area contributed by atoms with Crippen LogP contribution in [0.2, 0.25) is 0 Å². The molecule has 0 bridgehead atoms. The number of imidazole rings is 1. The van der Waals surface area contributed by atoms with Crippen molar-refractivity contribution in [2.45, 2.75) is 96.1 Å². The van der Waals surface area contributed by atoms with Crippen LogP contribution in [-0.2, 0) is 41.6 Å². The van der Waals surface area contributed by atoms with Crippen molar-refractivity contribution < 1.29 is 39.0 Å². The van der Waals surface area contributed by atoms with Crippen molar-refractivity contribution >= 4 is 35.5 Å². The molecule has 1 aromatic heterocycles. The van der Waals surface area contributed by atoms with Crippen LogP contribution in [0, 0.1) is 5.92 Å². The number of aliphatic carboxylic acids is 1. The van der Waals surface area contributed by atoms with Gasteiger partial charge in [0, 0.05) is 24.9 Å². The average molecular weight is 671 g/mol. The van der Waals surface area contributed by atoms with Gasteiger partial charge in [-0.1, -0.05) is 26.0 Å². The molecule has 0 saturated carbocycles. The molecule has 1 fully saturated rings. The van der Waals surface area contributed by atoms with Gasteiger partial charge in [-0.05, 0) is 63.1 Å². The van der Waals surface area contributed by atoms with E-state index in [1.807, 2.05) is 13.8 Å². The number of hydrogen-bond donors (Lipinski definition) is 8. The van der Waals surface area contributed by atoms with E-state index >= 15 is 0 Å². The topological polar surface area (TPSA) is 249 Å². The van der Waals surface area contributed by atoms with Crippen LogP contribution in [0.25, 0.3) is 0 Å². The van der Waals surface area contributed by atoms with E-state index in [1.54, 1.807) is 12.1 Å². The zero-order valence-electron chi connectivity index (χ0n) is 27.6. The first-order chi connectivity index (χ1) is 22.7. The van der Waals surface area contributed by atoms with Crippen molar-refractivity contribution in [3.63, 3.8) is 0 Å². The molecule has 0 unspecified atom stereocenters. The van der Waals surface area contributed by atoms with Crippen LogP contribution in [0.4, 0.5) is 0 Å². The molecule has 1 aliphatic rings. The molecule has 262 valence electrons. The van der Waals surface area contributed by atoms with Gasteiger partial charge in [-0.15, -0.1) is 0 Å². The molecule has 5 amide bonds. The standard InChI is InChI=1S/C32H46N8O8/c1-17(2)12-25(39-27(42)18(3)36-28(43)23(33)13-20-7-9-22(41)10-8-20)31(46)40-11-5-6-26(40)30(45)38-24(14-21-15-34-16-35-21)29(44)37-19(4)32(47)48/h7-10,15-19,23-26,41H,5-6,11-14,33H2,1-4H3,(H,34,35)(H,36,43)(H,37,44)(H,38,45)(H,39,42)(H,47,48)/t18-,19-,23-,24-,25-,26-/m0/s1. The Morgan fingerprint density at radius 1 is 0.917 bits per heavy atom. The Hall–Kier alpha value is -4.99. The fraction of sp³-hybridized carbons (Fsp3) is 0.531. The number of phenolic OH excluding ortho intramolecular Hbond substituents is 1. The Kier molecular flexibility index (Phi) is 13.5. The third kappa shape index (κ3) is 10.8. The monoisotopic (exact) mass is 670 g/mol. The molecule has 0 aliphatic carbocycles. The van der Waals surface area contributed by atoms with Gasteiger partial charge in [0.2, 0.25) is 29.5 Å². The third-order valence-corrected chi connectivity index (χ3v) is 7.98. The second kappa shape index (κ2) is 17.2. The first kappa shape index (κ1) is 37.5. The smallest absolute Gasteiger partial charge is 0.325 e. The highest BCUT2D eigenvalue weighted by molar-refractivity contribution is 5.96. The minimum atomic E-state index is -1.24. The summed E-state index contributed by atoms with van der Waals surface area (Å²) in [5, 5.41) is 29.0. The van der Waals surface area contributed by atoms with Crippen molar-refractivity contribution in [1.82, 2.24) is 36.1 Å². The van der Waals surface area contributed by atoms with Gasteiger partial charge in [-0.25, -0.2) is 4.98 Å². The lowest BCUT2D eigenvalue weighted by atomic mass is 10.0. The molecule has 48 heavy (non-hydrogen) atoms. The van der Waals surface area contributed by atoms with Gasteiger partial charge < -0.3 is 47.1 Å². The van der Waals surface area contributed by atoms with E-state index in [2.05, 4.69) is 31.2 Å². The van der Waals surface area contributed by atoms with Gasteiger partial charge in [0.1, 0.15) is 36.0 Å². The number of carboxylic acids is 1. The summed E-state index contributed by atoms with van der Waals surface area (Å²) in [6.45, 7) is 6.77. The molecular formula is C32H46N8O8. The van der Waals surface area contributed by atoms with Crippen LogP contribution < -0.4 is 27.0 Å². The summed E-state index contributed by atoms with van der Waals surface area (Å²) in [4.78, 5) is 85.8. The summed E-state index contributed by atoms with van der Waals surface area (Å²) in [5.74, 6) is -4.15. The fourth-order valence-electron chi connectivity index (χ4n) is 5.33. The van der Waals surface area contributed by atoms with E-state index in [9.17, 15) is 39.0 Å². The van der Waals surface area contributed by atoms with Crippen LogP contribution in [-0.4, -0.2) is 103 Å². The number of amides is 5. The van der Waals surface area contributed by atoms with Crippen molar-refractivity contribution in [2.24, 2.45) is 11.7 Å². The molecule has 9 N–H and O–H groups in total. The van der Waals surface area contributed by atoms with Gasteiger partial charge in [-0.2, -0.15) is 0 Å². The van der Waals surface area contributed by atoms with Crippen molar-refractivity contribution in [3.05, 3.63) is 48.0 Å². The first-order valence-electron chi connectivity index (χ1n) is 15.9. The number of aromatic nitrogens is 2. The number of H-pyrrole nitrogens is 1. The number of carbonyl (C=O) groups is 6. The summed E-state index contributed by atoms with van der Waals surface area (Å²) in [5.41, 5.74) is 7.30. The van der Waals surface area contributed by atoms with Crippen LogP contribution in [0.1, 0.15) is 58.2 Å². The molecule has 6 atom stereocenters. The highest BCUT2D eigenvalue weighted by atomic mass is 16.4. The fourth-order valence-corrected chi connectivity index (χ4v) is 5.33. The van der Waals surface area contributed by atoms with Gasteiger partial charge in [0.25, 0.3) is 0 Å². The lowest BCUT2D eigenvalue weighted by Gasteiger charge is -2.31. The molecule has 0 spiro atoms. The molecule has 16 heteroatoms. The van der Waals surface area contributed by atoms with Gasteiger partial charge in [0.05, 0.1) is 12.4 Å². The molecule has 2 aromatic rings. The van der Waals surface area contributed by atoms with Crippen molar-refractivity contribution in [2.75, 3.05) is 6.54 Å². The van der Waals surface area contributed by atoms with Crippen molar-refractivity contribution in [1.29, 1.82) is 0 Å². The quantitative estimate of drug-likeness (QED) is 0.112. The van der Waals surface area contributed by atoms with Gasteiger partial charge in [-0.3, -0.25) is 28.8 Å². The van der Waals surface area contributed by atoms with E-state index in [0.29, 0.717) is 18.5 Å². The minimum absolute atomic E-state index is 0.00117. The molecule has 3 rings (SSSR count). The van der Waals surface area contributed by atoms with E-state index in [1.165, 1.54) is 43.4 Å². The molecule has 1 aliphatic heterocycles. The zero-order chi connectivity index (χ0) is 35.5. The number of carbonyl (C=O) groups excluding carboxylic acids is 5. The number of likely N-dealkylation sites (tertiary alicyclic amines) is 1. The molecule has 2 heterocycles. The summed E-state index contributed by atoms with van der Waals surface area (Å²) in [6, 6.07) is -0.0530. The van der Waals surface area contributed by atoms with E-state index < -0.39 is 71.8 Å². The zero-order valence-corrected chi connectivity index (χ0v) is 27.6. The lowest BCUT2D eigenvalue weighted by molar-refractivity contribution is -0.143. The van der Waals surface area contributed by atoms with Gasteiger partial charge >= 0.3 is 5.97 Å². The Morgan fingerprint density at radius 2 is 1.58 bits per heavy atom. The number of carboxylic acid groups (broad SMARTS) is 1. The summed E-state index contributed by atoms with van der Waals surface area (Å²) < 4.78 is 0. The number of rotatable bonds is 16.